The van der Waals surface area contributed by atoms with Crippen LogP contribution >= 0.6 is 11.6 Å². The van der Waals surface area contributed by atoms with E-state index in [1.54, 1.807) is 36.4 Å². The Morgan fingerprint density at radius 3 is 1.80 bits per heavy atom. The Hall–Kier alpha value is -2.13. The van der Waals surface area contributed by atoms with Crippen molar-refractivity contribution in [3.63, 3.8) is 0 Å². The molecule has 0 saturated heterocycles. The maximum absolute atomic E-state index is 12.2. The highest BCUT2D eigenvalue weighted by Gasteiger charge is 2.11. The Labute approximate surface area is 122 Å². The summed E-state index contributed by atoms with van der Waals surface area (Å²) in [6.07, 6.45) is 0. The fraction of sp³-hybridized carbons (Fsp3) is 0.125. The summed E-state index contributed by atoms with van der Waals surface area (Å²) in [5.74, 6) is -0.0968. The van der Waals surface area contributed by atoms with Crippen LogP contribution in [0.4, 0.5) is 0 Å². The van der Waals surface area contributed by atoms with E-state index < -0.39 is 5.97 Å². The number of hydrogen-bond acceptors (Lipinski definition) is 3. The van der Waals surface area contributed by atoms with Gasteiger partial charge in [-0.2, -0.15) is 0 Å². The van der Waals surface area contributed by atoms with E-state index in [1.807, 2.05) is 12.1 Å². The summed E-state index contributed by atoms with van der Waals surface area (Å²) in [5.41, 5.74) is 2.49. The molecule has 4 heteroatoms. The molecule has 2 rings (SSSR count). The molecule has 20 heavy (non-hydrogen) atoms. The van der Waals surface area contributed by atoms with E-state index >= 15 is 0 Å². The van der Waals surface area contributed by atoms with Crippen LogP contribution in [0.15, 0.2) is 48.5 Å². The van der Waals surface area contributed by atoms with Crippen molar-refractivity contribution in [2.75, 3.05) is 7.11 Å². The first-order valence-electron chi connectivity index (χ1n) is 6.03. The van der Waals surface area contributed by atoms with Crippen molar-refractivity contribution in [3.05, 3.63) is 70.8 Å². The molecule has 102 valence electrons. The molecule has 0 bridgehead atoms. The summed E-state index contributed by atoms with van der Waals surface area (Å²) in [4.78, 5) is 23.6. The van der Waals surface area contributed by atoms with Gasteiger partial charge in [-0.15, -0.1) is 11.6 Å². The fourth-order valence-electron chi connectivity index (χ4n) is 1.79. The van der Waals surface area contributed by atoms with E-state index in [9.17, 15) is 9.59 Å². The average Bonchev–Trinajstić information content (AvgIpc) is 2.53. The van der Waals surface area contributed by atoms with Gasteiger partial charge in [0.05, 0.1) is 12.7 Å². The molecular weight excluding hydrogens is 276 g/mol. The van der Waals surface area contributed by atoms with Gasteiger partial charge < -0.3 is 4.74 Å². The number of methoxy groups -OCH3 is 1. The number of ether oxygens (including phenoxy) is 1. The predicted octanol–water partition coefficient (Wildman–Crippen LogP) is 3.44. The van der Waals surface area contributed by atoms with Crippen LogP contribution in [0.3, 0.4) is 0 Å². The Morgan fingerprint density at radius 1 is 0.900 bits per heavy atom. The van der Waals surface area contributed by atoms with Gasteiger partial charge >= 0.3 is 5.97 Å². The molecule has 2 aromatic carbocycles. The van der Waals surface area contributed by atoms with E-state index in [-0.39, 0.29) is 5.78 Å². The number of ketones is 1. The van der Waals surface area contributed by atoms with Gasteiger partial charge in [-0.1, -0.05) is 36.4 Å². The van der Waals surface area contributed by atoms with Crippen molar-refractivity contribution in [2.24, 2.45) is 0 Å². The number of halogens is 1. The van der Waals surface area contributed by atoms with Gasteiger partial charge in [-0.05, 0) is 17.7 Å². The molecule has 0 fully saturated rings. The molecular formula is C16H13ClO3. The van der Waals surface area contributed by atoms with Gasteiger partial charge in [0, 0.05) is 17.0 Å². The van der Waals surface area contributed by atoms with Crippen molar-refractivity contribution in [2.45, 2.75) is 5.88 Å². The van der Waals surface area contributed by atoms with Crippen LogP contribution in [0.5, 0.6) is 0 Å². The molecule has 3 nitrogen and oxygen atoms in total. The third-order valence-electron chi connectivity index (χ3n) is 2.94. The molecule has 0 spiro atoms. The molecule has 0 aliphatic heterocycles. The maximum Gasteiger partial charge on any atom is 0.337 e. The van der Waals surface area contributed by atoms with Gasteiger partial charge in [0.2, 0.25) is 0 Å². The topological polar surface area (TPSA) is 43.4 Å². The minimum atomic E-state index is -0.421. The lowest BCUT2D eigenvalue weighted by atomic mass is 10.0. The Balaban J connectivity index is 2.22. The molecule has 0 saturated carbocycles. The van der Waals surface area contributed by atoms with Crippen LogP contribution < -0.4 is 0 Å². The normalized spacial score (nSPS) is 10.1. The van der Waals surface area contributed by atoms with E-state index in [0.717, 1.165) is 5.56 Å². The number of carbonyl (C=O) groups excluding carboxylic acids is 2. The summed E-state index contributed by atoms with van der Waals surface area (Å²) >= 11 is 5.71. The van der Waals surface area contributed by atoms with E-state index in [0.29, 0.717) is 22.6 Å². The quantitative estimate of drug-likeness (QED) is 0.492. The van der Waals surface area contributed by atoms with Crippen molar-refractivity contribution in [1.29, 1.82) is 0 Å². The number of alkyl halides is 1. The lowest BCUT2D eigenvalue weighted by Crippen LogP contribution is -2.04. The highest BCUT2D eigenvalue weighted by Crippen LogP contribution is 2.13. The molecule has 0 N–H and O–H groups in total. The standard InChI is InChI=1S/C16H13ClO3/c1-20-16(19)14-8-6-13(7-9-14)15(18)12-4-2-11(10-17)3-5-12/h2-9H,10H2,1H3. The lowest BCUT2D eigenvalue weighted by Gasteiger charge is -2.04. The molecule has 0 atom stereocenters. The fourth-order valence-corrected chi connectivity index (χ4v) is 1.97. The number of carbonyl (C=O) groups is 2. The summed E-state index contributed by atoms with van der Waals surface area (Å²) < 4.78 is 4.61. The van der Waals surface area contributed by atoms with Crippen molar-refractivity contribution < 1.29 is 14.3 Å². The minimum absolute atomic E-state index is 0.0949. The molecule has 0 unspecified atom stereocenters. The largest absolute Gasteiger partial charge is 0.465 e. The van der Waals surface area contributed by atoms with Crippen LogP contribution in [0.1, 0.15) is 31.8 Å². The second-order valence-electron chi connectivity index (χ2n) is 4.23. The maximum atomic E-state index is 12.2. The Bertz CT molecular complexity index is 615. The van der Waals surface area contributed by atoms with E-state index in [2.05, 4.69) is 4.74 Å². The summed E-state index contributed by atoms with van der Waals surface area (Å²) in [6.45, 7) is 0. The number of esters is 1. The SMILES string of the molecule is COC(=O)c1ccc(C(=O)c2ccc(CCl)cc2)cc1. The highest BCUT2D eigenvalue weighted by molar-refractivity contribution is 6.17. The molecule has 0 amide bonds. The van der Waals surface area contributed by atoms with Crippen LogP contribution in [-0.2, 0) is 10.6 Å². The smallest absolute Gasteiger partial charge is 0.337 e. The minimum Gasteiger partial charge on any atom is -0.465 e. The first-order valence-corrected chi connectivity index (χ1v) is 6.57. The van der Waals surface area contributed by atoms with Gasteiger partial charge in [0.25, 0.3) is 0 Å². The molecule has 0 aliphatic rings. The molecule has 0 radical (unpaired) electrons. The summed E-state index contributed by atoms with van der Waals surface area (Å²) in [6, 6.07) is 13.5. The summed E-state index contributed by atoms with van der Waals surface area (Å²) in [7, 11) is 1.32. The molecule has 0 heterocycles. The van der Waals surface area contributed by atoms with Gasteiger partial charge in [-0.25, -0.2) is 4.79 Å². The zero-order valence-corrected chi connectivity index (χ0v) is 11.7. The van der Waals surface area contributed by atoms with Crippen LogP contribution in [0.2, 0.25) is 0 Å². The number of rotatable bonds is 4. The summed E-state index contributed by atoms with van der Waals surface area (Å²) in [5, 5.41) is 0. The second kappa shape index (κ2) is 6.35. The highest BCUT2D eigenvalue weighted by atomic mass is 35.5. The Morgan fingerprint density at radius 2 is 1.35 bits per heavy atom. The average molecular weight is 289 g/mol. The number of hydrogen-bond donors (Lipinski definition) is 0. The van der Waals surface area contributed by atoms with E-state index in [4.69, 9.17) is 11.6 Å². The third-order valence-corrected chi connectivity index (χ3v) is 3.25. The zero-order chi connectivity index (χ0) is 14.5. The second-order valence-corrected chi connectivity index (χ2v) is 4.50. The molecule has 2 aromatic rings. The van der Waals surface area contributed by atoms with Crippen molar-refractivity contribution in [1.82, 2.24) is 0 Å². The van der Waals surface area contributed by atoms with E-state index in [1.165, 1.54) is 7.11 Å². The van der Waals surface area contributed by atoms with Crippen molar-refractivity contribution >= 4 is 23.4 Å². The van der Waals surface area contributed by atoms with Crippen LogP contribution in [-0.4, -0.2) is 18.9 Å². The van der Waals surface area contributed by atoms with Gasteiger partial charge in [0.1, 0.15) is 0 Å². The predicted molar refractivity (Wildman–Crippen MR) is 77.2 cm³/mol. The third kappa shape index (κ3) is 3.06. The molecule has 0 aliphatic carbocycles. The number of benzene rings is 2. The molecule has 0 aromatic heterocycles. The lowest BCUT2D eigenvalue weighted by molar-refractivity contribution is 0.0600. The van der Waals surface area contributed by atoms with Crippen molar-refractivity contribution in [3.8, 4) is 0 Å². The van der Waals surface area contributed by atoms with Gasteiger partial charge in [0.15, 0.2) is 5.78 Å². The van der Waals surface area contributed by atoms with Gasteiger partial charge in [-0.3, -0.25) is 4.79 Å². The van der Waals surface area contributed by atoms with Crippen LogP contribution in [0, 0.1) is 0 Å². The Kier molecular flexibility index (Phi) is 4.53. The van der Waals surface area contributed by atoms with Crippen LogP contribution in [0.25, 0.3) is 0 Å². The first-order chi connectivity index (χ1) is 9.65. The monoisotopic (exact) mass is 288 g/mol. The zero-order valence-electron chi connectivity index (χ0n) is 10.9. The first kappa shape index (κ1) is 14.3.